The number of nitrogens with one attached hydrogen (secondary N) is 2. The molecule has 0 amide bonds. The molecule has 0 atom stereocenters. The van der Waals surface area contributed by atoms with Gasteiger partial charge in [0.15, 0.2) is 5.96 Å². The molecule has 5 heteroatoms. The van der Waals surface area contributed by atoms with Crippen LogP contribution in [-0.2, 0) is 13.0 Å². The van der Waals surface area contributed by atoms with Crippen molar-refractivity contribution in [2.45, 2.75) is 13.0 Å². The SMILES string of the molecule is CN=C(NCCc1ccccc1Cl)NCc1cccc(N(C)C)c1. The van der Waals surface area contributed by atoms with Crippen molar-refractivity contribution in [3.05, 3.63) is 64.7 Å². The van der Waals surface area contributed by atoms with Crippen LogP contribution < -0.4 is 15.5 Å². The van der Waals surface area contributed by atoms with E-state index in [0.717, 1.165) is 36.1 Å². The molecule has 0 spiro atoms. The average Bonchev–Trinajstić information content (AvgIpc) is 2.59. The number of hydrogen-bond acceptors (Lipinski definition) is 2. The first kappa shape index (κ1) is 18.1. The largest absolute Gasteiger partial charge is 0.378 e. The fourth-order valence-electron chi connectivity index (χ4n) is 2.37. The summed E-state index contributed by atoms with van der Waals surface area (Å²) in [7, 11) is 5.87. The van der Waals surface area contributed by atoms with Crippen LogP contribution in [0.4, 0.5) is 5.69 Å². The van der Waals surface area contributed by atoms with Crippen molar-refractivity contribution in [3.63, 3.8) is 0 Å². The molecule has 2 N–H and O–H groups in total. The molecule has 0 heterocycles. The molecular weight excluding hydrogens is 320 g/mol. The summed E-state index contributed by atoms with van der Waals surface area (Å²) in [5, 5.41) is 7.47. The summed E-state index contributed by atoms with van der Waals surface area (Å²) in [6, 6.07) is 16.4. The lowest BCUT2D eigenvalue weighted by atomic mass is 10.1. The zero-order valence-corrected chi connectivity index (χ0v) is 15.3. The van der Waals surface area contributed by atoms with Crippen molar-refractivity contribution in [1.82, 2.24) is 10.6 Å². The van der Waals surface area contributed by atoms with Gasteiger partial charge in [-0.15, -0.1) is 0 Å². The molecule has 24 heavy (non-hydrogen) atoms. The molecule has 0 unspecified atom stereocenters. The van der Waals surface area contributed by atoms with E-state index in [1.54, 1.807) is 7.05 Å². The Balaban J connectivity index is 1.82. The molecule has 0 fully saturated rings. The smallest absolute Gasteiger partial charge is 0.191 e. The highest BCUT2D eigenvalue weighted by Crippen LogP contribution is 2.15. The topological polar surface area (TPSA) is 39.7 Å². The number of aliphatic imine (C=N–C) groups is 1. The van der Waals surface area contributed by atoms with Crippen molar-refractivity contribution in [2.75, 3.05) is 32.6 Å². The van der Waals surface area contributed by atoms with Gasteiger partial charge in [-0.2, -0.15) is 0 Å². The van der Waals surface area contributed by atoms with Gasteiger partial charge in [0.2, 0.25) is 0 Å². The Labute approximate surface area is 149 Å². The fourth-order valence-corrected chi connectivity index (χ4v) is 2.60. The maximum absolute atomic E-state index is 6.18. The van der Waals surface area contributed by atoms with E-state index in [-0.39, 0.29) is 0 Å². The molecular formula is C19H25ClN4. The summed E-state index contributed by atoms with van der Waals surface area (Å²) in [6.07, 6.45) is 0.858. The molecule has 0 aliphatic carbocycles. The number of guanidine groups is 1. The number of nitrogens with zero attached hydrogens (tertiary/aromatic N) is 2. The van der Waals surface area contributed by atoms with Crippen molar-refractivity contribution < 1.29 is 0 Å². The van der Waals surface area contributed by atoms with E-state index in [2.05, 4.69) is 44.8 Å². The summed E-state index contributed by atoms with van der Waals surface area (Å²) >= 11 is 6.18. The highest BCUT2D eigenvalue weighted by molar-refractivity contribution is 6.31. The predicted octanol–water partition coefficient (Wildman–Crippen LogP) is 3.31. The second kappa shape index (κ2) is 9.18. The summed E-state index contributed by atoms with van der Waals surface area (Å²) in [6.45, 7) is 1.51. The second-order valence-corrected chi connectivity index (χ2v) is 6.17. The van der Waals surface area contributed by atoms with Gasteiger partial charge in [-0.1, -0.05) is 41.9 Å². The number of hydrogen-bond donors (Lipinski definition) is 2. The standard InChI is InChI=1S/C19H25ClN4/c1-21-19(22-12-11-16-8-4-5-10-18(16)20)23-14-15-7-6-9-17(13-15)24(2)3/h4-10,13H,11-12,14H2,1-3H3,(H2,21,22,23). The van der Waals surface area contributed by atoms with Crippen LogP contribution in [0.2, 0.25) is 5.02 Å². The first-order chi connectivity index (χ1) is 11.6. The van der Waals surface area contributed by atoms with E-state index in [1.165, 1.54) is 11.3 Å². The van der Waals surface area contributed by atoms with Crippen LogP contribution in [0, 0.1) is 0 Å². The van der Waals surface area contributed by atoms with E-state index in [0.29, 0.717) is 0 Å². The van der Waals surface area contributed by atoms with Crippen molar-refractivity contribution >= 4 is 23.2 Å². The Morgan fingerprint density at radius 3 is 2.58 bits per heavy atom. The van der Waals surface area contributed by atoms with Crippen molar-refractivity contribution in [2.24, 2.45) is 4.99 Å². The maximum atomic E-state index is 6.18. The minimum Gasteiger partial charge on any atom is -0.378 e. The van der Waals surface area contributed by atoms with Crippen LogP contribution >= 0.6 is 11.6 Å². The lowest BCUT2D eigenvalue weighted by molar-refractivity contribution is 0.794. The Morgan fingerprint density at radius 2 is 1.88 bits per heavy atom. The Hall–Kier alpha value is -2.20. The van der Waals surface area contributed by atoms with Crippen LogP contribution in [0.5, 0.6) is 0 Å². The van der Waals surface area contributed by atoms with Gasteiger partial charge in [-0.3, -0.25) is 4.99 Å². The Bertz CT molecular complexity index is 683. The number of benzene rings is 2. The molecule has 2 aromatic carbocycles. The predicted molar refractivity (Wildman–Crippen MR) is 104 cm³/mol. The van der Waals surface area contributed by atoms with E-state index in [1.807, 2.05) is 38.4 Å². The lowest BCUT2D eigenvalue weighted by Crippen LogP contribution is -2.37. The third kappa shape index (κ3) is 5.46. The van der Waals surface area contributed by atoms with E-state index >= 15 is 0 Å². The van der Waals surface area contributed by atoms with Crippen molar-refractivity contribution in [3.8, 4) is 0 Å². The fraction of sp³-hybridized carbons (Fsp3) is 0.316. The highest BCUT2D eigenvalue weighted by atomic mass is 35.5. The summed E-state index contributed by atoms with van der Waals surface area (Å²) in [5.41, 5.74) is 3.55. The Morgan fingerprint density at radius 1 is 1.08 bits per heavy atom. The minimum atomic E-state index is 0.730. The van der Waals surface area contributed by atoms with E-state index in [9.17, 15) is 0 Å². The zero-order chi connectivity index (χ0) is 17.4. The first-order valence-corrected chi connectivity index (χ1v) is 8.42. The van der Waals surface area contributed by atoms with Gasteiger partial charge in [0.05, 0.1) is 0 Å². The van der Waals surface area contributed by atoms with E-state index in [4.69, 9.17) is 11.6 Å². The third-order valence-electron chi connectivity index (χ3n) is 3.76. The van der Waals surface area contributed by atoms with Crippen LogP contribution in [0.25, 0.3) is 0 Å². The third-order valence-corrected chi connectivity index (χ3v) is 4.12. The molecule has 0 bridgehead atoms. The molecule has 0 radical (unpaired) electrons. The highest BCUT2D eigenvalue weighted by Gasteiger charge is 2.02. The van der Waals surface area contributed by atoms with Crippen LogP contribution in [0.15, 0.2) is 53.5 Å². The van der Waals surface area contributed by atoms with Gasteiger partial charge in [-0.25, -0.2) is 0 Å². The quantitative estimate of drug-likeness (QED) is 0.624. The molecule has 0 aliphatic rings. The molecule has 0 saturated heterocycles. The van der Waals surface area contributed by atoms with Crippen LogP contribution in [-0.4, -0.2) is 33.6 Å². The van der Waals surface area contributed by atoms with E-state index < -0.39 is 0 Å². The van der Waals surface area contributed by atoms with Gasteiger partial charge in [0, 0.05) is 44.9 Å². The number of anilines is 1. The van der Waals surface area contributed by atoms with Gasteiger partial charge >= 0.3 is 0 Å². The first-order valence-electron chi connectivity index (χ1n) is 8.04. The summed E-state index contributed by atoms with van der Waals surface area (Å²) < 4.78 is 0. The zero-order valence-electron chi connectivity index (χ0n) is 14.5. The molecule has 4 nitrogen and oxygen atoms in total. The maximum Gasteiger partial charge on any atom is 0.191 e. The molecule has 2 rings (SSSR count). The van der Waals surface area contributed by atoms with Gasteiger partial charge in [0.25, 0.3) is 0 Å². The molecule has 0 saturated carbocycles. The monoisotopic (exact) mass is 344 g/mol. The van der Waals surface area contributed by atoms with Crippen LogP contribution in [0.3, 0.4) is 0 Å². The normalized spacial score (nSPS) is 11.2. The molecule has 2 aromatic rings. The van der Waals surface area contributed by atoms with Crippen molar-refractivity contribution in [1.29, 1.82) is 0 Å². The minimum absolute atomic E-state index is 0.730. The average molecular weight is 345 g/mol. The van der Waals surface area contributed by atoms with Gasteiger partial charge in [0.1, 0.15) is 0 Å². The molecule has 0 aliphatic heterocycles. The number of halogens is 1. The molecule has 0 aromatic heterocycles. The molecule has 128 valence electrons. The van der Waals surface area contributed by atoms with Gasteiger partial charge < -0.3 is 15.5 Å². The second-order valence-electron chi connectivity index (χ2n) is 5.76. The van der Waals surface area contributed by atoms with Crippen LogP contribution in [0.1, 0.15) is 11.1 Å². The lowest BCUT2D eigenvalue weighted by Gasteiger charge is -2.15. The van der Waals surface area contributed by atoms with Gasteiger partial charge in [-0.05, 0) is 35.7 Å². The Kier molecular flexibility index (Phi) is 6.94. The summed E-state index contributed by atoms with van der Waals surface area (Å²) in [5.74, 6) is 0.789. The number of rotatable bonds is 6. The summed E-state index contributed by atoms with van der Waals surface area (Å²) in [4.78, 5) is 6.36.